The molecule has 2 aromatic carbocycles. The smallest absolute Gasteiger partial charge is 0.331 e. The molecule has 3 N–H and O–H groups in total. The van der Waals surface area contributed by atoms with E-state index in [1.54, 1.807) is 30.3 Å². The summed E-state index contributed by atoms with van der Waals surface area (Å²) in [6.45, 7) is 3.84. The fourth-order valence-corrected chi connectivity index (χ4v) is 6.30. The number of pyridine rings is 1. The minimum atomic E-state index is -0.989. The van der Waals surface area contributed by atoms with Crippen molar-refractivity contribution in [2.45, 2.75) is 18.6 Å². The number of thiophene rings is 1. The van der Waals surface area contributed by atoms with E-state index in [0.29, 0.717) is 32.8 Å². The highest BCUT2D eigenvalue weighted by Gasteiger charge is 2.35. The molecule has 2 atom stereocenters. The molecule has 0 bridgehead atoms. The van der Waals surface area contributed by atoms with Gasteiger partial charge in [0.15, 0.2) is 11.6 Å². The van der Waals surface area contributed by atoms with Crippen LogP contribution >= 0.6 is 11.3 Å². The monoisotopic (exact) mass is 575 g/mol. The summed E-state index contributed by atoms with van der Waals surface area (Å²) in [7, 11) is 0. The van der Waals surface area contributed by atoms with Crippen molar-refractivity contribution in [1.29, 1.82) is 0 Å². The Kier molecular flexibility index (Phi) is 6.72. The van der Waals surface area contributed by atoms with E-state index < -0.39 is 35.7 Å². The van der Waals surface area contributed by atoms with Gasteiger partial charge >= 0.3 is 6.03 Å². The molecule has 208 valence electrons. The number of likely N-dealkylation sites (tertiary alicyclic amines) is 1. The van der Waals surface area contributed by atoms with Crippen molar-refractivity contribution in [2.24, 2.45) is 0 Å². The Labute approximate surface area is 236 Å². The van der Waals surface area contributed by atoms with Crippen LogP contribution in [0.4, 0.5) is 30.6 Å². The van der Waals surface area contributed by atoms with E-state index in [1.807, 2.05) is 0 Å². The van der Waals surface area contributed by atoms with Crippen molar-refractivity contribution in [3.8, 4) is 11.1 Å². The molecular formula is C29H23F2N5O4S. The number of nitrogens with zero attached hydrogens (tertiary/aromatic N) is 3. The number of aromatic nitrogens is 1. The molecule has 41 heavy (non-hydrogen) atoms. The summed E-state index contributed by atoms with van der Waals surface area (Å²) in [5.74, 6) is -2.78. The van der Waals surface area contributed by atoms with Gasteiger partial charge < -0.3 is 20.6 Å². The van der Waals surface area contributed by atoms with Crippen LogP contribution in [0, 0.1) is 11.6 Å². The average molecular weight is 576 g/mol. The number of anilines is 3. The number of carbonyl (C=O) groups is 3. The topological polar surface area (TPSA) is 115 Å². The van der Waals surface area contributed by atoms with Gasteiger partial charge in [-0.05, 0) is 42.3 Å². The molecule has 1 fully saturated rings. The van der Waals surface area contributed by atoms with Crippen molar-refractivity contribution < 1.29 is 28.3 Å². The van der Waals surface area contributed by atoms with Gasteiger partial charge in [0.25, 0.3) is 5.91 Å². The molecule has 0 aliphatic carbocycles. The van der Waals surface area contributed by atoms with E-state index in [-0.39, 0.29) is 35.9 Å². The highest BCUT2D eigenvalue weighted by Crippen LogP contribution is 2.46. The van der Waals surface area contributed by atoms with Gasteiger partial charge in [-0.2, -0.15) is 0 Å². The van der Waals surface area contributed by atoms with Crippen LogP contribution in [0.5, 0.6) is 0 Å². The Morgan fingerprint density at radius 2 is 1.98 bits per heavy atom. The molecule has 4 heterocycles. The second-order valence-electron chi connectivity index (χ2n) is 9.74. The number of hydrogen-bond donors (Lipinski definition) is 3. The zero-order chi connectivity index (χ0) is 28.8. The lowest BCUT2D eigenvalue weighted by Gasteiger charge is -2.35. The number of nitrogens with one attached hydrogen (secondary N) is 2. The van der Waals surface area contributed by atoms with E-state index in [0.717, 1.165) is 23.5 Å². The first kappa shape index (κ1) is 26.5. The quantitative estimate of drug-likeness (QED) is 0.296. The molecule has 0 saturated carbocycles. The number of aliphatic hydroxyl groups excluding tert-OH is 1. The second kappa shape index (κ2) is 10.4. The lowest BCUT2D eigenvalue weighted by molar-refractivity contribution is -0.129. The number of rotatable bonds is 5. The number of amides is 4. The van der Waals surface area contributed by atoms with Gasteiger partial charge in [0.2, 0.25) is 5.91 Å². The highest BCUT2D eigenvalue weighted by atomic mass is 32.1. The van der Waals surface area contributed by atoms with Crippen molar-refractivity contribution in [1.82, 2.24) is 15.2 Å². The average Bonchev–Trinajstić information content (AvgIpc) is 3.33. The molecule has 12 heteroatoms. The van der Waals surface area contributed by atoms with Crippen molar-refractivity contribution >= 4 is 56.5 Å². The van der Waals surface area contributed by atoms with E-state index in [4.69, 9.17) is 0 Å². The van der Waals surface area contributed by atoms with Gasteiger partial charge in [0.05, 0.1) is 28.6 Å². The summed E-state index contributed by atoms with van der Waals surface area (Å²) in [5, 5.41) is 16.5. The predicted molar refractivity (Wildman–Crippen MR) is 151 cm³/mol. The van der Waals surface area contributed by atoms with E-state index in [2.05, 4.69) is 22.2 Å². The fraction of sp³-hybridized carbons (Fsp3) is 0.172. The maximum Gasteiger partial charge on any atom is 0.331 e. The number of piperidine rings is 1. The standard InChI is InChI=1S/C29H23F2N5O4S/c1-2-22(38)35-13-16(12-18(37)14-35)33-27(39)26-25-23-21(9-10-32-28(23)41-26)36(29(40)34-25)17-6-3-5-15(11-17)19-7-4-8-20(30)24(19)31/h2-11,16,18,37H,1,12-14H2,(H,33,39)(H,34,40)/t16-,18+/m1/s1. The number of halogens is 2. The number of aliphatic hydroxyl groups is 1. The Balaban J connectivity index is 1.34. The number of carbonyl (C=O) groups excluding carboxylic acids is 3. The Hall–Kier alpha value is -4.68. The minimum Gasteiger partial charge on any atom is -0.391 e. The molecular weight excluding hydrogens is 552 g/mol. The summed E-state index contributed by atoms with van der Waals surface area (Å²) in [5.41, 5.74) is 1.61. The van der Waals surface area contributed by atoms with Crippen LogP contribution in [0.3, 0.4) is 0 Å². The van der Waals surface area contributed by atoms with Gasteiger partial charge in [0.1, 0.15) is 9.71 Å². The molecule has 4 aromatic rings. The summed E-state index contributed by atoms with van der Waals surface area (Å²) < 4.78 is 28.4. The first-order chi connectivity index (χ1) is 19.7. The van der Waals surface area contributed by atoms with Crippen molar-refractivity contribution in [2.75, 3.05) is 23.3 Å². The van der Waals surface area contributed by atoms with Gasteiger partial charge in [-0.25, -0.2) is 18.6 Å². The largest absolute Gasteiger partial charge is 0.391 e. The molecule has 0 unspecified atom stereocenters. The minimum absolute atomic E-state index is 0.0560. The molecule has 0 spiro atoms. The number of benzene rings is 2. The number of urea groups is 1. The molecule has 2 aliphatic rings. The summed E-state index contributed by atoms with van der Waals surface area (Å²) in [4.78, 5) is 46.9. The summed E-state index contributed by atoms with van der Waals surface area (Å²) in [6, 6.07) is 11.0. The molecule has 6 rings (SSSR count). The van der Waals surface area contributed by atoms with Crippen LogP contribution in [0.25, 0.3) is 21.3 Å². The van der Waals surface area contributed by atoms with Gasteiger partial charge in [0, 0.05) is 30.9 Å². The maximum atomic E-state index is 14.5. The zero-order valence-electron chi connectivity index (χ0n) is 21.4. The Bertz CT molecular complexity index is 1740. The Morgan fingerprint density at radius 3 is 2.78 bits per heavy atom. The summed E-state index contributed by atoms with van der Waals surface area (Å²) >= 11 is 1.10. The van der Waals surface area contributed by atoms with Crippen LogP contribution < -0.4 is 15.5 Å². The molecule has 2 aromatic heterocycles. The van der Waals surface area contributed by atoms with Gasteiger partial charge in [-0.3, -0.25) is 14.5 Å². The Morgan fingerprint density at radius 1 is 1.17 bits per heavy atom. The molecule has 2 aliphatic heterocycles. The van der Waals surface area contributed by atoms with Gasteiger partial charge in [-0.15, -0.1) is 11.3 Å². The van der Waals surface area contributed by atoms with Crippen LogP contribution in [0.2, 0.25) is 0 Å². The molecule has 4 amide bonds. The van der Waals surface area contributed by atoms with Crippen LogP contribution in [-0.2, 0) is 4.79 Å². The third-order valence-corrected chi connectivity index (χ3v) is 8.17. The summed E-state index contributed by atoms with van der Waals surface area (Å²) in [6.07, 6.45) is 2.14. The van der Waals surface area contributed by atoms with Gasteiger partial charge in [-0.1, -0.05) is 30.8 Å². The van der Waals surface area contributed by atoms with Crippen LogP contribution in [0.1, 0.15) is 16.1 Å². The number of β-amino-alcohol motifs (C(OH)–C–C–N with tert-alkyl or cyclic N) is 1. The molecule has 0 radical (unpaired) electrons. The van der Waals surface area contributed by atoms with Crippen LogP contribution in [-0.4, -0.2) is 58.1 Å². The third-order valence-electron chi connectivity index (χ3n) is 7.07. The van der Waals surface area contributed by atoms with E-state index in [1.165, 1.54) is 28.1 Å². The first-order valence-corrected chi connectivity index (χ1v) is 13.5. The van der Waals surface area contributed by atoms with Crippen molar-refractivity contribution in [3.63, 3.8) is 0 Å². The molecule has 1 saturated heterocycles. The molecule has 9 nitrogen and oxygen atoms in total. The first-order valence-electron chi connectivity index (χ1n) is 12.7. The predicted octanol–water partition coefficient (Wildman–Crippen LogP) is 4.80. The third kappa shape index (κ3) is 4.70. The van der Waals surface area contributed by atoms with E-state index >= 15 is 0 Å². The van der Waals surface area contributed by atoms with E-state index in [9.17, 15) is 28.3 Å². The number of hydrogen-bond acceptors (Lipinski definition) is 6. The second-order valence-corrected chi connectivity index (χ2v) is 10.7. The zero-order valence-corrected chi connectivity index (χ0v) is 22.3. The highest BCUT2D eigenvalue weighted by molar-refractivity contribution is 7.21. The van der Waals surface area contributed by atoms with Crippen molar-refractivity contribution in [3.05, 3.63) is 83.9 Å². The SMILES string of the molecule is C=CC(=O)N1C[C@@H](O)C[C@@H](NC(=O)c2sc3nccc4c3c2NC(=O)N4c2cccc(-c3cccc(F)c3F)c2)C1. The van der Waals surface area contributed by atoms with Crippen LogP contribution in [0.15, 0.2) is 67.4 Å². The normalized spacial score (nSPS) is 18.3. The lowest BCUT2D eigenvalue weighted by Crippen LogP contribution is -2.54. The lowest BCUT2D eigenvalue weighted by atomic mass is 10.0. The fourth-order valence-electron chi connectivity index (χ4n) is 5.28. The maximum absolute atomic E-state index is 14.5.